The predicted molar refractivity (Wildman–Crippen MR) is 65.2 cm³/mol. The van der Waals surface area contributed by atoms with Crippen molar-refractivity contribution in [3.05, 3.63) is 17.0 Å². The summed E-state index contributed by atoms with van der Waals surface area (Å²) in [4.78, 5) is 21.1. The van der Waals surface area contributed by atoms with Gasteiger partial charge in [0.05, 0.1) is 0 Å². The smallest absolute Gasteiger partial charge is 0.345 e. The number of nitrogens with one attached hydrogen (secondary N) is 2. The molecule has 0 aliphatic heterocycles. The van der Waals surface area contributed by atoms with E-state index in [2.05, 4.69) is 10.0 Å². The van der Waals surface area contributed by atoms with Crippen molar-refractivity contribution in [3.63, 3.8) is 0 Å². The average molecular weight is 292 g/mol. The minimum Gasteiger partial charge on any atom is -0.477 e. The summed E-state index contributed by atoms with van der Waals surface area (Å²) in [5, 5.41) is 11.1. The van der Waals surface area contributed by atoms with Crippen molar-refractivity contribution in [1.29, 1.82) is 0 Å². The fourth-order valence-corrected chi connectivity index (χ4v) is 3.30. The zero-order valence-electron chi connectivity index (χ0n) is 9.47. The van der Waals surface area contributed by atoms with Crippen LogP contribution in [-0.2, 0) is 14.8 Å². The minimum absolute atomic E-state index is 0.0439. The van der Waals surface area contributed by atoms with Crippen molar-refractivity contribution in [2.75, 3.05) is 13.1 Å². The molecule has 1 rings (SSSR count). The van der Waals surface area contributed by atoms with Gasteiger partial charge in [0, 0.05) is 20.0 Å². The van der Waals surface area contributed by atoms with E-state index < -0.39 is 16.0 Å². The normalized spacial score (nSPS) is 11.2. The summed E-state index contributed by atoms with van der Waals surface area (Å²) in [5.41, 5.74) is 0. The molecule has 0 spiro atoms. The molecule has 0 atom stereocenters. The van der Waals surface area contributed by atoms with Gasteiger partial charge in [0.1, 0.15) is 9.09 Å². The first-order valence-electron chi connectivity index (χ1n) is 4.90. The lowest BCUT2D eigenvalue weighted by Gasteiger charge is -2.04. The molecule has 100 valence electrons. The quantitative estimate of drug-likeness (QED) is 0.632. The standard InChI is InChI=1S/C9H12N2O5S2/c1-6(12)10-4-5-11-18(15,16)8-3-2-7(17-8)9(13)14/h2-3,11H,4-5H2,1H3,(H,10,12)(H,13,14). The number of carboxylic acids is 1. The molecular formula is C9H12N2O5S2. The molecule has 3 N–H and O–H groups in total. The van der Waals surface area contributed by atoms with Crippen LogP contribution in [0.4, 0.5) is 0 Å². The van der Waals surface area contributed by atoms with Gasteiger partial charge < -0.3 is 10.4 Å². The Morgan fingerprint density at radius 2 is 2.00 bits per heavy atom. The fourth-order valence-electron chi connectivity index (χ4n) is 1.07. The highest BCUT2D eigenvalue weighted by Crippen LogP contribution is 2.21. The number of rotatable bonds is 6. The number of thiophene rings is 1. The Bertz CT molecular complexity index is 549. The summed E-state index contributed by atoms with van der Waals surface area (Å²) in [6.45, 7) is 1.54. The second kappa shape index (κ2) is 5.94. The molecule has 1 amide bonds. The first-order chi connectivity index (χ1) is 8.33. The number of amides is 1. The van der Waals surface area contributed by atoms with E-state index in [1.165, 1.54) is 19.1 Å². The number of hydrogen-bond acceptors (Lipinski definition) is 5. The first-order valence-corrected chi connectivity index (χ1v) is 7.20. The molecule has 1 heterocycles. The molecule has 0 aliphatic rings. The third kappa shape index (κ3) is 4.09. The Labute approximate surface area is 108 Å². The number of carboxylic acid groups (broad SMARTS) is 1. The maximum atomic E-state index is 11.7. The number of hydrogen-bond donors (Lipinski definition) is 3. The average Bonchev–Trinajstić information content (AvgIpc) is 2.74. The van der Waals surface area contributed by atoms with Gasteiger partial charge in [-0.1, -0.05) is 0 Å². The van der Waals surface area contributed by atoms with E-state index in [9.17, 15) is 18.0 Å². The van der Waals surface area contributed by atoms with Gasteiger partial charge in [-0.3, -0.25) is 4.79 Å². The van der Waals surface area contributed by atoms with Crippen molar-refractivity contribution >= 4 is 33.2 Å². The van der Waals surface area contributed by atoms with Gasteiger partial charge in [-0.15, -0.1) is 11.3 Å². The van der Waals surface area contributed by atoms with E-state index in [1.807, 2.05) is 0 Å². The Morgan fingerprint density at radius 3 is 2.50 bits per heavy atom. The van der Waals surface area contributed by atoms with Gasteiger partial charge in [0.25, 0.3) is 0 Å². The maximum absolute atomic E-state index is 11.7. The van der Waals surface area contributed by atoms with Gasteiger partial charge in [-0.05, 0) is 12.1 Å². The molecule has 0 radical (unpaired) electrons. The molecule has 0 unspecified atom stereocenters. The van der Waals surface area contributed by atoms with E-state index in [4.69, 9.17) is 5.11 Å². The monoisotopic (exact) mass is 292 g/mol. The SMILES string of the molecule is CC(=O)NCCNS(=O)(=O)c1ccc(C(=O)O)s1. The van der Waals surface area contributed by atoms with E-state index >= 15 is 0 Å². The van der Waals surface area contributed by atoms with Crippen LogP contribution in [0.5, 0.6) is 0 Å². The molecule has 0 fully saturated rings. The Kier molecular flexibility index (Phi) is 4.82. The Morgan fingerprint density at radius 1 is 1.33 bits per heavy atom. The lowest BCUT2D eigenvalue weighted by molar-refractivity contribution is -0.118. The third-order valence-electron chi connectivity index (χ3n) is 1.85. The second-order valence-electron chi connectivity index (χ2n) is 3.30. The van der Waals surface area contributed by atoms with Crippen molar-refractivity contribution in [2.24, 2.45) is 0 Å². The van der Waals surface area contributed by atoms with Crippen LogP contribution in [0.25, 0.3) is 0 Å². The van der Waals surface area contributed by atoms with Crippen molar-refractivity contribution in [2.45, 2.75) is 11.1 Å². The Hall–Kier alpha value is -1.45. The van der Waals surface area contributed by atoms with Crippen LogP contribution in [0, 0.1) is 0 Å². The summed E-state index contributed by atoms with van der Waals surface area (Å²) in [6.07, 6.45) is 0. The van der Waals surface area contributed by atoms with Crippen LogP contribution >= 0.6 is 11.3 Å². The molecule has 9 heteroatoms. The molecule has 1 aromatic rings. The molecule has 1 aromatic heterocycles. The summed E-state index contributed by atoms with van der Waals surface area (Å²) < 4.78 is 25.6. The predicted octanol–water partition coefficient (Wildman–Crippen LogP) is -0.139. The molecule has 0 saturated heterocycles. The van der Waals surface area contributed by atoms with Gasteiger partial charge >= 0.3 is 5.97 Å². The zero-order chi connectivity index (χ0) is 13.8. The van der Waals surface area contributed by atoms with Crippen LogP contribution in [0.1, 0.15) is 16.6 Å². The number of carbonyl (C=O) groups is 2. The number of sulfonamides is 1. The Balaban J connectivity index is 2.62. The van der Waals surface area contributed by atoms with Crippen LogP contribution in [-0.4, -0.2) is 38.5 Å². The largest absolute Gasteiger partial charge is 0.477 e. The maximum Gasteiger partial charge on any atom is 0.345 e. The van der Waals surface area contributed by atoms with Crippen LogP contribution in [0.2, 0.25) is 0 Å². The van der Waals surface area contributed by atoms with Crippen molar-refractivity contribution in [3.8, 4) is 0 Å². The van der Waals surface area contributed by atoms with E-state index in [0.717, 1.165) is 0 Å². The second-order valence-corrected chi connectivity index (χ2v) is 6.38. The topological polar surface area (TPSA) is 113 Å². The fraction of sp³-hybridized carbons (Fsp3) is 0.333. The van der Waals surface area contributed by atoms with Gasteiger partial charge in [0.15, 0.2) is 0 Å². The molecule has 0 aromatic carbocycles. The van der Waals surface area contributed by atoms with Crippen molar-refractivity contribution < 1.29 is 23.1 Å². The van der Waals surface area contributed by atoms with Crippen molar-refractivity contribution in [1.82, 2.24) is 10.0 Å². The molecule has 7 nitrogen and oxygen atoms in total. The zero-order valence-corrected chi connectivity index (χ0v) is 11.1. The molecule has 0 bridgehead atoms. The first kappa shape index (κ1) is 14.6. The van der Waals surface area contributed by atoms with Crippen LogP contribution in [0.15, 0.2) is 16.3 Å². The minimum atomic E-state index is -3.72. The summed E-state index contributed by atoms with van der Waals surface area (Å²) >= 11 is 0.675. The number of aromatic carboxylic acids is 1. The van der Waals surface area contributed by atoms with Crippen LogP contribution < -0.4 is 10.0 Å². The highest BCUT2D eigenvalue weighted by molar-refractivity contribution is 7.91. The van der Waals surface area contributed by atoms with Gasteiger partial charge in [-0.25, -0.2) is 17.9 Å². The van der Waals surface area contributed by atoms with E-state index in [0.29, 0.717) is 11.3 Å². The van der Waals surface area contributed by atoms with Gasteiger partial charge in [0.2, 0.25) is 15.9 Å². The highest BCUT2D eigenvalue weighted by atomic mass is 32.2. The summed E-state index contributed by atoms with van der Waals surface area (Å²) in [5.74, 6) is -1.42. The van der Waals surface area contributed by atoms with Crippen LogP contribution in [0.3, 0.4) is 0 Å². The lowest BCUT2D eigenvalue weighted by Crippen LogP contribution is -2.33. The highest BCUT2D eigenvalue weighted by Gasteiger charge is 2.18. The molecule has 0 aliphatic carbocycles. The summed E-state index contributed by atoms with van der Waals surface area (Å²) in [6, 6.07) is 2.46. The van der Waals surface area contributed by atoms with E-state index in [1.54, 1.807) is 0 Å². The molecular weight excluding hydrogens is 280 g/mol. The number of carbonyl (C=O) groups excluding carboxylic acids is 1. The lowest BCUT2D eigenvalue weighted by atomic mass is 10.5. The summed E-state index contributed by atoms with van der Waals surface area (Å²) in [7, 11) is -3.72. The van der Waals surface area contributed by atoms with Gasteiger partial charge in [-0.2, -0.15) is 0 Å². The molecule has 18 heavy (non-hydrogen) atoms. The molecule has 0 saturated carbocycles. The third-order valence-corrected chi connectivity index (χ3v) is 4.87. The van der Waals surface area contributed by atoms with E-state index in [-0.39, 0.29) is 28.1 Å².